The SMILES string of the molecule is COC(=O)c1sc(NCC(C)N2CCCC2)nc1C. The van der Waals surface area contributed by atoms with Crippen molar-refractivity contribution in [3.05, 3.63) is 10.6 Å². The van der Waals surface area contributed by atoms with Crippen molar-refractivity contribution in [2.45, 2.75) is 32.7 Å². The van der Waals surface area contributed by atoms with E-state index in [1.165, 1.54) is 44.4 Å². The van der Waals surface area contributed by atoms with Crippen molar-refractivity contribution >= 4 is 22.4 Å². The number of carbonyl (C=O) groups is 1. The molecule has 1 unspecified atom stereocenters. The van der Waals surface area contributed by atoms with Crippen LogP contribution in [0.25, 0.3) is 0 Å². The molecule has 1 saturated heterocycles. The molecule has 0 radical (unpaired) electrons. The summed E-state index contributed by atoms with van der Waals surface area (Å²) in [5.74, 6) is -0.310. The molecule has 0 spiro atoms. The number of nitrogens with zero attached hydrogens (tertiary/aromatic N) is 2. The highest BCUT2D eigenvalue weighted by Gasteiger charge is 2.19. The molecule has 1 aliphatic rings. The molecule has 1 fully saturated rings. The number of likely N-dealkylation sites (tertiary alicyclic amines) is 1. The zero-order valence-electron chi connectivity index (χ0n) is 11.7. The summed E-state index contributed by atoms with van der Waals surface area (Å²) in [7, 11) is 1.39. The minimum absolute atomic E-state index is 0.310. The van der Waals surface area contributed by atoms with Gasteiger partial charge in [-0.1, -0.05) is 11.3 Å². The van der Waals surface area contributed by atoms with Crippen LogP contribution in [0, 0.1) is 6.92 Å². The van der Waals surface area contributed by atoms with Crippen molar-refractivity contribution in [3.63, 3.8) is 0 Å². The molecule has 2 heterocycles. The van der Waals surface area contributed by atoms with Crippen LogP contribution in [0.2, 0.25) is 0 Å². The maximum Gasteiger partial charge on any atom is 0.350 e. The third-order valence-corrected chi connectivity index (χ3v) is 4.58. The number of rotatable bonds is 5. The summed E-state index contributed by atoms with van der Waals surface area (Å²) < 4.78 is 4.73. The summed E-state index contributed by atoms with van der Waals surface area (Å²) in [6.07, 6.45) is 2.60. The number of methoxy groups -OCH3 is 1. The summed E-state index contributed by atoms with van der Waals surface area (Å²) in [5.41, 5.74) is 0.730. The largest absolute Gasteiger partial charge is 0.465 e. The van der Waals surface area contributed by atoms with Gasteiger partial charge in [0.2, 0.25) is 0 Å². The minimum Gasteiger partial charge on any atom is -0.465 e. The van der Waals surface area contributed by atoms with E-state index >= 15 is 0 Å². The lowest BCUT2D eigenvalue weighted by Gasteiger charge is -2.23. The number of aromatic nitrogens is 1. The molecule has 0 aliphatic carbocycles. The van der Waals surface area contributed by atoms with Crippen molar-refractivity contribution in [1.82, 2.24) is 9.88 Å². The van der Waals surface area contributed by atoms with E-state index in [-0.39, 0.29) is 5.97 Å². The van der Waals surface area contributed by atoms with Gasteiger partial charge in [0.1, 0.15) is 4.88 Å². The Bertz CT molecular complexity index is 441. The fourth-order valence-electron chi connectivity index (χ4n) is 2.30. The van der Waals surface area contributed by atoms with Gasteiger partial charge in [0, 0.05) is 12.6 Å². The molecule has 2 rings (SSSR count). The van der Waals surface area contributed by atoms with Crippen molar-refractivity contribution in [1.29, 1.82) is 0 Å². The summed E-state index contributed by atoms with van der Waals surface area (Å²) in [5, 5.41) is 4.11. The van der Waals surface area contributed by atoms with Gasteiger partial charge in [-0.25, -0.2) is 9.78 Å². The van der Waals surface area contributed by atoms with Gasteiger partial charge in [0.25, 0.3) is 0 Å². The average Bonchev–Trinajstić information content (AvgIpc) is 3.04. The molecule has 0 bridgehead atoms. The molecule has 106 valence electrons. The zero-order chi connectivity index (χ0) is 13.8. The maximum absolute atomic E-state index is 11.5. The Labute approximate surface area is 118 Å². The number of hydrogen-bond donors (Lipinski definition) is 1. The van der Waals surface area contributed by atoms with Crippen LogP contribution in [-0.4, -0.2) is 48.6 Å². The van der Waals surface area contributed by atoms with Crippen LogP contribution in [0.4, 0.5) is 5.13 Å². The van der Waals surface area contributed by atoms with Gasteiger partial charge in [-0.3, -0.25) is 4.90 Å². The van der Waals surface area contributed by atoms with Crippen LogP contribution < -0.4 is 5.32 Å². The number of nitrogens with one attached hydrogen (secondary N) is 1. The molecule has 1 aromatic rings. The highest BCUT2D eigenvalue weighted by molar-refractivity contribution is 7.17. The first-order valence-electron chi connectivity index (χ1n) is 6.65. The molecule has 0 saturated carbocycles. The lowest BCUT2D eigenvalue weighted by atomic mass is 10.3. The van der Waals surface area contributed by atoms with Gasteiger partial charge in [-0.15, -0.1) is 0 Å². The Morgan fingerprint density at radius 3 is 2.84 bits per heavy atom. The van der Waals surface area contributed by atoms with E-state index in [0.29, 0.717) is 10.9 Å². The molecule has 19 heavy (non-hydrogen) atoms. The van der Waals surface area contributed by atoms with Gasteiger partial charge >= 0.3 is 5.97 Å². The van der Waals surface area contributed by atoms with Crippen LogP contribution in [-0.2, 0) is 4.74 Å². The molecule has 0 aromatic carbocycles. The normalized spacial score (nSPS) is 17.4. The minimum atomic E-state index is -0.310. The number of ether oxygens (including phenoxy) is 1. The number of thiazole rings is 1. The first-order chi connectivity index (χ1) is 9.11. The second kappa shape index (κ2) is 6.34. The zero-order valence-corrected chi connectivity index (χ0v) is 12.5. The number of hydrogen-bond acceptors (Lipinski definition) is 6. The standard InChI is InChI=1S/C13H21N3O2S/c1-9(16-6-4-5-7-16)8-14-13-15-10(2)11(19-13)12(17)18-3/h9H,4-8H2,1-3H3,(H,14,15). The lowest BCUT2D eigenvalue weighted by Crippen LogP contribution is -2.35. The molecule has 1 atom stereocenters. The van der Waals surface area contributed by atoms with Crippen molar-refractivity contribution in [3.8, 4) is 0 Å². The van der Waals surface area contributed by atoms with E-state index in [0.717, 1.165) is 17.4 Å². The topological polar surface area (TPSA) is 54.5 Å². The van der Waals surface area contributed by atoms with Crippen molar-refractivity contribution in [2.24, 2.45) is 0 Å². The Balaban J connectivity index is 1.90. The van der Waals surface area contributed by atoms with Crippen LogP contribution in [0.15, 0.2) is 0 Å². The van der Waals surface area contributed by atoms with E-state index in [9.17, 15) is 4.79 Å². The summed E-state index contributed by atoms with van der Waals surface area (Å²) >= 11 is 1.36. The maximum atomic E-state index is 11.5. The Morgan fingerprint density at radius 1 is 1.53 bits per heavy atom. The lowest BCUT2D eigenvalue weighted by molar-refractivity contribution is 0.0605. The first-order valence-corrected chi connectivity index (χ1v) is 7.47. The highest BCUT2D eigenvalue weighted by Crippen LogP contribution is 2.23. The fraction of sp³-hybridized carbons (Fsp3) is 0.692. The predicted octanol–water partition coefficient (Wildman–Crippen LogP) is 2.13. The molecule has 1 N–H and O–H groups in total. The van der Waals surface area contributed by atoms with Crippen LogP contribution in [0.1, 0.15) is 35.1 Å². The Morgan fingerprint density at radius 2 is 2.21 bits per heavy atom. The van der Waals surface area contributed by atoms with E-state index in [2.05, 4.69) is 22.1 Å². The molecular formula is C13H21N3O2S. The van der Waals surface area contributed by atoms with Crippen LogP contribution in [0.3, 0.4) is 0 Å². The summed E-state index contributed by atoms with van der Waals surface area (Å²) in [6.45, 7) is 7.28. The summed E-state index contributed by atoms with van der Waals surface area (Å²) in [6, 6.07) is 0.494. The van der Waals surface area contributed by atoms with Crippen LogP contribution >= 0.6 is 11.3 Å². The van der Waals surface area contributed by atoms with E-state index in [4.69, 9.17) is 4.74 Å². The Hall–Kier alpha value is -1.14. The number of aryl methyl sites for hydroxylation is 1. The molecule has 1 aromatic heterocycles. The first kappa shape index (κ1) is 14.3. The predicted molar refractivity (Wildman–Crippen MR) is 76.9 cm³/mol. The molecule has 1 aliphatic heterocycles. The fourth-order valence-corrected chi connectivity index (χ4v) is 3.19. The van der Waals surface area contributed by atoms with Gasteiger partial charge in [-0.05, 0) is 39.8 Å². The summed E-state index contributed by atoms with van der Waals surface area (Å²) in [4.78, 5) is 18.9. The highest BCUT2D eigenvalue weighted by atomic mass is 32.1. The van der Waals surface area contributed by atoms with Gasteiger partial charge < -0.3 is 10.1 Å². The second-order valence-corrected chi connectivity index (χ2v) is 5.90. The third kappa shape index (κ3) is 3.45. The number of carbonyl (C=O) groups excluding carboxylic acids is 1. The quantitative estimate of drug-likeness (QED) is 0.839. The van der Waals surface area contributed by atoms with Gasteiger partial charge in [-0.2, -0.15) is 0 Å². The molecular weight excluding hydrogens is 262 g/mol. The van der Waals surface area contributed by atoms with Gasteiger partial charge in [0.15, 0.2) is 5.13 Å². The average molecular weight is 283 g/mol. The number of anilines is 1. The van der Waals surface area contributed by atoms with E-state index in [1.807, 2.05) is 6.92 Å². The second-order valence-electron chi connectivity index (χ2n) is 4.90. The number of esters is 1. The third-order valence-electron chi connectivity index (χ3n) is 3.48. The molecule has 6 heteroatoms. The van der Waals surface area contributed by atoms with Crippen molar-refractivity contribution in [2.75, 3.05) is 32.1 Å². The van der Waals surface area contributed by atoms with Crippen LogP contribution in [0.5, 0.6) is 0 Å². The van der Waals surface area contributed by atoms with E-state index in [1.54, 1.807) is 0 Å². The van der Waals surface area contributed by atoms with E-state index < -0.39 is 0 Å². The van der Waals surface area contributed by atoms with Gasteiger partial charge in [0.05, 0.1) is 12.8 Å². The molecule has 5 nitrogen and oxygen atoms in total. The van der Waals surface area contributed by atoms with Crippen molar-refractivity contribution < 1.29 is 9.53 Å². The smallest absolute Gasteiger partial charge is 0.350 e. The Kier molecular flexibility index (Phi) is 4.76. The monoisotopic (exact) mass is 283 g/mol. The molecule has 0 amide bonds.